The van der Waals surface area contributed by atoms with E-state index in [1.54, 1.807) is 32.9 Å². The number of hydrogen-bond donors (Lipinski definition) is 1. The zero-order chi connectivity index (χ0) is 13.9. The van der Waals surface area contributed by atoms with Crippen LogP contribution in [0.3, 0.4) is 0 Å². The summed E-state index contributed by atoms with van der Waals surface area (Å²) in [7, 11) is -3.88. The van der Waals surface area contributed by atoms with Crippen molar-refractivity contribution in [1.82, 2.24) is 4.72 Å². The van der Waals surface area contributed by atoms with Gasteiger partial charge in [0.2, 0.25) is 0 Å². The van der Waals surface area contributed by atoms with Crippen molar-refractivity contribution in [3.63, 3.8) is 0 Å². The summed E-state index contributed by atoms with van der Waals surface area (Å²) in [5, 5.41) is 0. The predicted octanol–water partition coefficient (Wildman–Crippen LogP) is 2.05. The third-order valence-corrected chi connectivity index (χ3v) is 3.98. The molecule has 1 aromatic carbocycles. The Morgan fingerprint density at radius 2 is 1.72 bits per heavy atom. The van der Waals surface area contributed by atoms with E-state index >= 15 is 0 Å². The van der Waals surface area contributed by atoms with Gasteiger partial charge >= 0.3 is 6.09 Å². The highest BCUT2D eigenvalue weighted by atomic mass is 32.2. The molecule has 0 fully saturated rings. The molecular weight excluding hydrogens is 254 g/mol. The van der Waals surface area contributed by atoms with E-state index in [-0.39, 0.29) is 11.5 Å². The summed E-state index contributed by atoms with van der Waals surface area (Å²) < 4.78 is 30.6. The molecule has 0 atom stereocenters. The fraction of sp³-hybridized carbons (Fsp3) is 0.417. The SMILES string of the molecule is CCOC(=O)NS(=O)(=O)c1c(C)cc(C)cc1C. The Labute approximate surface area is 107 Å². The number of hydrogen-bond acceptors (Lipinski definition) is 4. The van der Waals surface area contributed by atoms with Crippen LogP contribution in [0.25, 0.3) is 0 Å². The molecule has 0 saturated carbocycles. The van der Waals surface area contributed by atoms with Gasteiger partial charge in [-0.2, -0.15) is 0 Å². The molecule has 1 aromatic rings. The molecule has 6 heteroatoms. The smallest absolute Gasteiger partial charge is 0.421 e. The highest BCUT2D eigenvalue weighted by Gasteiger charge is 2.22. The third kappa shape index (κ3) is 3.22. The zero-order valence-electron chi connectivity index (χ0n) is 10.9. The molecule has 100 valence electrons. The number of carbonyl (C=O) groups is 1. The summed E-state index contributed by atoms with van der Waals surface area (Å²) in [6.45, 7) is 7.00. The minimum Gasteiger partial charge on any atom is -0.449 e. The van der Waals surface area contributed by atoms with Crippen LogP contribution in [-0.4, -0.2) is 21.1 Å². The van der Waals surface area contributed by atoms with Crippen LogP contribution in [0.1, 0.15) is 23.6 Å². The quantitative estimate of drug-likeness (QED) is 0.913. The molecule has 0 aromatic heterocycles. The minimum atomic E-state index is -3.88. The van der Waals surface area contributed by atoms with Gasteiger partial charge in [0, 0.05) is 0 Å². The predicted molar refractivity (Wildman–Crippen MR) is 68.0 cm³/mol. The van der Waals surface area contributed by atoms with Gasteiger partial charge in [0.05, 0.1) is 11.5 Å². The van der Waals surface area contributed by atoms with Crippen LogP contribution >= 0.6 is 0 Å². The first-order valence-corrected chi connectivity index (χ1v) is 7.03. The Morgan fingerprint density at radius 1 is 1.22 bits per heavy atom. The molecule has 0 unspecified atom stereocenters. The van der Waals surface area contributed by atoms with Crippen LogP contribution in [0.15, 0.2) is 17.0 Å². The van der Waals surface area contributed by atoms with Crippen LogP contribution in [-0.2, 0) is 14.8 Å². The molecule has 0 aliphatic carbocycles. The molecule has 0 spiro atoms. The van der Waals surface area contributed by atoms with Crippen molar-refractivity contribution in [1.29, 1.82) is 0 Å². The molecule has 18 heavy (non-hydrogen) atoms. The second-order valence-corrected chi connectivity index (χ2v) is 5.67. The second-order valence-electron chi connectivity index (χ2n) is 4.05. The molecule has 0 bridgehead atoms. The number of amides is 1. The Morgan fingerprint density at radius 3 is 2.17 bits per heavy atom. The monoisotopic (exact) mass is 271 g/mol. The number of ether oxygens (including phenoxy) is 1. The lowest BCUT2D eigenvalue weighted by atomic mass is 10.1. The topological polar surface area (TPSA) is 72.5 Å². The van der Waals surface area contributed by atoms with Crippen LogP contribution < -0.4 is 4.72 Å². The van der Waals surface area contributed by atoms with Crippen molar-refractivity contribution in [2.75, 3.05) is 6.61 Å². The van der Waals surface area contributed by atoms with Crippen molar-refractivity contribution in [2.24, 2.45) is 0 Å². The maximum atomic E-state index is 12.1. The molecule has 0 radical (unpaired) electrons. The van der Waals surface area contributed by atoms with Crippen molar-refractivity contribution in [2.45, 2.75) is 32.6 Å². The summed E-state index contributed by atoms with van der Waals surface area (Å²) >= 11 is 0. The van der Waals surface area contributed by atoms with Gasteiger partial charge in [-0.05, 0) is 38.8 Å². The van der Waals surface area contributed by atoms with Crippen LogP contribution in [0.4, 0.5) is 4.79 Å². The molecule has 1 amide bonds. The second kappa shape index (κ2) is 5.39. The van der Waals surface area contributed by atoms with E-state index < -0.39 is 16.1 Å². The van der Waals surface area contributed by atoms with E-state index in [0.717, 1.165) is 5.56 Å². The van der Waals surface area contributed by atoms with Gasteiger partial charge in [-0.3, -0.25) is 0 Å². The molecule has 1 N–H and O–H groups in total. The van der Waals surface area contributed by atoms with Crippen molar-refractivity contribution >= 4 is 16.1 Å². The van der Waals surface area contributed by atoms with Gasteiger partial charge in [0.15, 0.2) is 0 Å². The molecule has 1 rings (SSSR count). The average molecular weight is 271 g/mol. The maximum absolute atomic E-state index is 12.1. The first-order valence-electron chi connectivity index (χ1n) is 5.55. The fourth-order valence-corrected chi connectivity index (χ4v) is 3.26. The number of nitrogens with one attached hydrogen (secondary N) is 1. The van der Waals surface area contributed by atoms with Crippen LogP contribution in [0, 0.1) is 20.8 Å². The molecule has 0 heterocycles. The Kier molecular flexibility index (Phi) is 4.34. The van der Waals surface area contributed by atoms with Crippen LogP contribution in [0.2, 0.25) is 0 Å². The van der Waals surface area contributed by atoms with E-state index in [0.29, 0.717) is 11.1 Å². The van der Waals surface area contributed by atoms with E-state index in [1.165, 1.54) is 0 Å². The number of sulfonamides is 1. The Hall–Kier alpha value is -1.56. The zero-order valence-corrected chi connectivity index (χ0v) is 11.7. The Bertz CT molecular complexity index is 540. The molecule has 0 aliphatic heterocycles. The highest BCUT2D eigenvalue weighted by molar-refractivity contribution is 7.90. The first kappa shape index (κ1) is 14.5. The summed E-state index contributed by atoms with van der Waals surface area (Å²) in [6.07, 6.45) is -0.961. The summed E-state index contributed by atoms with van der Waals surface area (Å²) in [6, 6.07) is 3.51. The highest BCUT2D eigenvalue weighted by Crippen LogP contribution is 2.21. The number of aryl methyl sites for hydroxylation is 3. The molecule has 0 aliphatic rings. The number of carbonyl (C=O) groups excluding carboxylic acids is 1. The number of benzene rings is 1. The fourth-order valence-electron chi connectivity index (χ4n) is 1.91. The minimum absolute atomic E-state index is 0.118. The lowest BCUT2D eigenvalue weighted by molar-refractivity contribution is 0.158. The van der Waals surface area contributed by atoms with Gasteiger partial charge in [0.25, 0.3) is 10.0 Å². The molecule has 0 saturated heterocycles. The standard InChI is InChI=1S/C12H17NO4S/c1-5-17-12(14)13-18(15,16)11-9(3)6-8(2)7-10(11)4/h6-7H,5H2,1-4H3,(H,13,14). The molecular formula is C12H17NO4S. The summed E-state index contributed by atoms with van der Waals surface area (Å²) in [4.78, 5) is 11.3. The van der Waals surface area contributed by atoms with Crippen molar-refractivity contribution in [3.05, 3.63) is 28.8 Å². The summed E-state index contributed by atoms with van der Waals surface area (Å²) in [5.74, 6) is 0. The van der Waals surface area contributed by atoms with E-state index in [2.05, 4.69) is 4.74 Å². The van der Waals surface area contributed by atoms with Gasteiger partial charge in [-0.25, -0.2) is 17.9 Å². The lowest BCUT2D eigenvalue weighted by Crippen LogP contribution is -2.32. The average Bonchev–Trinajstić information content (AvgIpc) is 2.13. The van der Waals surface area contributed by atoms with Gasteiger partial charge in [-0.15, -0.1) is 0 Å². The van der Waals surface area contributed by atoms with E-state index in [9.17, 15) is 13.2 Å². The van der Waals surface area contributed by atoms with Crippen molar-refractivity contribution in [3.8, 4) is 0 Å². The largest absolute Gasteiger partial charge is 0.449 e. The van der Waals surface area contributed by atoms with E-state index in [4.69, 9.17) is 0 Å². The lowest BCUT2D eigenvalue weighted by Gasteiger charge is -2.12. The van der Waals surface area contributed by atoms with Crippen molar-refractivity contribution < 1.29 is 17.9 Å². The van der Waals surface area contributed by atoms with Crippen LogP contribution in [0.5, 0.6) is 0 Å². The first-order chi connectivity index (χ1) is 8.27. The normalized spacial score (nSPS) is 11.1. The molecule has 5 nitrogen and oxygen atoms in total. The Balaban J connectivity index is 3.17. The maximum Gasteiger partial charge on any atom is 0.421 e. The van der Waals surface area contributed by atoms with Gasteiger partial charge < -0.3 is 4.74 Å². The van der Waals surface area contributed by atoms with Gasteiger partial charge in [0.1, 0.15) is 0 Å². The number of rotatable bonds is 3. The summed E-state index contributed by atoms with van der Waals surface area (Å²) in [5.41, 5.74) is 2.17. The van der Waals surface area contributed by atoms with Gasteiger partial charge in [-0.1, -0.05) is 17.7 Å². The third-order valence-electron chi connectivity index (χ3n) is 2.37. The van der Waals surface area contributed by atoms with E-state index in [1.807, 2.05) is 11.6 Å².